The maximum absolute atomic E-state index is 11.3. The van der Waals surface area contributed by atoms with E-state index in [0.29, 0.717) is 19.3 Å². The van der Waals surface area contributed by atoms with Crippen LogP contribution >= 0.6 is 0 Å². The SMILES string of the molecule is CCCCCCCCCCCCCCCCCC[N+](C)(C)CCC[Si]1(O)OCC(CO[Si]2(CCC[N+](C)(C)CCCCCCCCCCCCCCCCCC)OCC(CO)O2)O1. The summed E-state index contributed by atoms with van der Waals surface area (Å²) in [7, 11) is 3.10. The highest BCUT2D eigenvalue weighted by atomic mass is 28.4. The predicted molar refractivity (Wildman–Crippen MR) is 270 cm³/mol. The van der Waals surface area contributed by atoms with Crippen LogP contribution in [0.1, 0.15) is 232 Å². The van der Waals surface area contributed by atoms with E-state index in [9.17, 15) is 9.90 Å². The van der Waals surface area contributed by atoms with E-state index >= 15 is 0 Å². The molecule has 2 aliphatic heterocycles. The Balaban J connectivity index is 1.52. The molecule has 4 unspecified atom stereocenters. The number of rotatable bonds is 46. The summed E-state index contributed by atoms with van der Waals surface area (Å²) in [6, 6.07) is 1.31. The molecule has 63 heavy (non-hydrogen) atoms. The van der Waals surface area contributed by atoms with E-state index in [1.807, 2.05) is 0 Å². The maximum atomic E-state index is 11.3. The van der Waals surface area contributed by atoms with Crippen molar-refractivity contribution in [3.05, 3.63) is 0 Å². The Kier molecular flexibility index (Phi) is 34.8. The van der Waals surface area contributed by atoms with Gasteiger partial charge in [0.15, 0.2) is 0 Å². The Morgan fingerprint density at radius 1 is 0.429 bits per heavy atom. The lowest BCUT2D eigenvalue weighted by molar-refractivity contribution is -0.890. The predicted octanol–water partition coefficient (Wildman–Crippen LogP) is 13.2. The van der Waals surface area contributed by atoms with Crippen LogP contribution in [-0.4, -0.2) is 129 Å². The number of aliphatic hydroxyl groups excluding tert-OH is 1. The molecule has 0 aromatic rings. The van der Waals surface area contributed by atoms with Crippen LogP contribution in [0.4, 0.5) is 0 Å². The van der Waals surface area contributed by atoms with Crippen LogP contribution in [-0.2, 0) is 22.1 Å². The van der Waals surface area contributed by atoms with E-state index in [0.717, 1.165) is 40.9 Å². The largest absolute Gasteiger partial charge is 0.501 e. The quantitative estimate of drug-likeness (QED) is 0.0357. The molecule has 376 valence electrons. The monoisotopic (exact) mass is 931 g/mol. The van der Waals surface area contributed by atoms with Crippen molar-refractivity contribution in [1.29, 1.82) is 0 Å². The van der Waals surface area contributed by atoms with Crippen LogP contribution < -0.4 is 0 Å². The third-order valence-electron chi connectivity index (χ3n) is 14.1. The first kappa shape index (κ1) is 59.2. The van der Waals surface area contributed by atoms with Gasteiger partial charge >= 0.3 is 17.6 Å². The molecule has 11 heteroatoms. The molecular weight excluding hydrogens is 821 g/mol. The van der Waals surface area contributed by atoms with Crippen LogP contribution in [0.25, 0.3) is 0 Å². The first-order valence-corrected chi connectivity index (χ1v) is 31.6. The van der Waals surface area contributed by atoms with E-state index in [1.54, 1.807) is 0 Å². The van der Waals surface area contributed by atoms with Gasteiger partial charge in [-0.1, -0.05) is 194 Å². The van der Waals surface area contributed by atoms with E-state index in [1.165, 1.54) is 219 Å². The first-order valence-electron chi connectivity index (χ1n) is 27.7. The van der Waals surface area contributed by atoms with Crippen LogP contribution in [0, 0.1) is 0 Å². The molecule has 2 aliphatic rings. The Hall–Kier alpha value is 0.0738. The summed E-state index contributed by atoms with van der Waals surface area (Å²) in [5, 5.41) is 9.85. The summed E-state index contributed by atoms with van der Waals surface area (Å²) in [6.45, 7) is 9.93. The minimum atomic E-state index is -3.23. The standard InChI is InChI=1S/C52H110N2O7Si2/c1-7-9-11-13-15-17-19-21-23-25-27-29-31-33-35-37-41-53(3,4)43-39-45-62(56)57-49-52(60-62)50-59-63(58-48-51(47-55)61-63)46-40-44-54(5,6)42-38-36-34-32-30-28-26-24-22-20-18-16-14-12-10-8-2/h51-52,55-56H,7-50H2,1-6H3/q+2. The van der Waals surface area contributed by atoms with Crippen LogP contribution in [0.3, 0.4) is 0 Å². The van der Waals surface area contributed by atoms with E-state index in [4.69, 9.17) is 22.1 Å². The Labute approximate surface area is 394 Å². The summed E-state index contributed by atoms with van der Waals surface area (Å²) in [4.78, 5) is 11.3. The fraction of sp³-hybridized carbons (Fsp3) is 1.00. The van der Waals surface area contributed by atoms with Gasteiger partial charge in [-0.05, 0) is 25.7 Å². The van der Waals surface area contributed by atoms with E-state index in [2.05, 4.69) is 42.0 Å². The van der Waals surface area contributed by atoms with Gasteiger partial charge in [-0.25, -0.2) is 0 Å². The highest BCUT2D eigenvalue weighted by Crippen LogP contribution is 2.30. The molecule has 0 aromatic carbocycles. The topological polar surface area (TPSA) is 86.6 Å². The molecule has 2 N–H and O–H groups in total. The van der Waals surface area contributed by atoms with Gasteiger partial charge in [0, 0.05) is 24.9 Å². The van der Waals surface area contributed by atoms with Gasteiger partial charge in [-0.2, -0.15) is 0 Å². The van der Waals surface area contributed by atoms with Gasteiger partial charge in [-0.3, -0.25) is 0 Å². The molecule has 2 saturated heterocycles. The normalized spacial score (nSPS) is 21.9. The number of aliphatic hydroxyl groups is 1. The van der Waals surface area contributed by atoms with Crippen LogP contribution in [0.15, 0.2) is 0 Å². The molecule has 0 spiro atoms. The lowest BCUT2D eigenvalue weighted by Crippen LogP contribution is -2.47. The van der Waals surface area contributed by atoms with E-state index < -0.39 is 17.6 Å². The second kappa shape index (κ2) is 37.0. The van der Waals surface area contributed by atoms with Gasteiger partial charge in [0.05, 0.1) is 93.0 Å². The van der Waals surface area contributed by atoms with Crippen molar-refractivity contribution in [3.63, 3.8) is 0 Å². The highest BCUT2D eigenvalue weighted by Gasteiger charge is 2.51. The minimum Gasteiger partial charge on any atom is -0.394 e. The van der Waals surface area contributed by atoms with Crippen molar-refractivity contribution >= 4 is 17.6 Å². The molecule has 9 nitrogen and oxygen atoms in total. The summed E-state index contributed by atoms with van der Waals surface area (Å²) in [5.41, 5.74) is 0. The van der Waals surface area contributed by atoms with Crippen molar-refractivity contribution in [2.75, 3.05) is 80.8 Å². The second-order valence-electron chi connectivity index (χ2n) is 21.6. The lowest BCUT2D eigenvalue weighted by atomic mass is 10.0. The smallest absolute Gasteiger partial charge is 0.394 e. The highest BCUT2D eigenvalue weighted by molar-refractivity contribution is 6.61. The molecule has 0 bridgehead atoms. The molecule has 0 aromatic heterocycles. The third kappa shape index (κ3) is 31.7. The number of quaternary nitrogens is 2. The van der Waals surface area contributed by atoms with Crippen molar-refractivity contribution in [2.24, 2.45) is 0 Å². The average Bonchev–Trinajstić information content (AvgIpc) is 3.85. The molecule has 0 saturated carbocycles. The first-order chi connectivity index (χ1) is 30.5. The van der Waals surface area contributed by atoms with Crippen LogP contribution in [0.5, 0.6) is 0 Å². The van der Waals surface area contributed by atoms with Gasteiger partial charge in [-0.15, -0.1) is 0 Å². The average molecular weight is 932 g/mol. The molecule has 4 atom stereocenters. The van der Waals surface area contributed by atoms with Gasteiger partial charge < -0.3 is 41.0 Å². The van der Waals surface area contributed by atoms with Gasteiger partial charge in [0.1, 0.15) is 0 Å². The van der Waals surface area contributed by atoms with Crippen molar-refractivity contribution in [3.8, 4) is 0 Å². The van der Waals surface area contributed by atoms with Crippen molar-refractivity contribution in [2.45, 2.75) is 256 Å². The Morgan fingerprint density at radius 3 is 1.13 bits per heavy atom. The molecule has 2 rings (SSSR count). The van der Waals surface area contributed by atoms with Crippen molar-refractivity contribution in [1.82, 2.24) is 0 Å². The Bertz CT molecular complexity index is 1040. The molecular formula is C52H110N2O7Si2+2. The fourth-order valence-corrected chi connectivity index (χ4v) is 14.5. The fourth-order valence-electron chi connectivity index (χ4n) is 9.75. The van der Waals surface area contributed by atoms with Gasteiger partial charge in [0.25, 0.3) is 0 Å². The number of hydrogen-bond acceptors (Lipinski definition) is 7. The van der Waals surface area contributed by atoms with E-state index in [-0.39, 0.29) is 25.4 Å². The number of unbranched alkanes of at least 4 members (excludes halogenated alkanes) is 30. The zero-order chi connectivity index (χ0) is 45.8. The molecule has 0 amide bonds. The number of nitrogens with zero attached hydrogens (tertiary/aromatic N) is 2. The zero-order valence-corrected chi connectivity index (χ0v) is 45.1. The maximum Gasteiger partial charge on any atom is 0.501 e. The second-order valence-corrected chi connectivity index (χ2v) is 26.7. The lowest BCUT2D eigenvalue weighted by Gasteiger charge is -2.31. The van der Waals surface area contributed by atoms with Crippen molar-refractivity contribution < 1.29 is 41.0 Å². The molecule has 0 radical (unpaired) electrons. The third-order valence-corrected chi connectivity index (χ3v) is 19.3. The van der Waals surface area contributed by atoms with Crippen LogP contribution in [0.2, 0.25) is 12.1 Å². The van der Waals surface area contributed by atoms with Gasteiger partial charge in [0.2, 0.25) is 0 Å². The molecule has 2 fully saturated rings. The summed E-state index contributed by atoms with van der Waals surface area (Å²) in [5.74, 6) is 0. The molecule has 0 aliphatic carbocycles. The summed E-state index contributed by atoms with van der Waals surface area (Å²) < 4.78 is 33.1. The zero-order valence-electron chi connectivity index (χ0n) is 43.1. The Morgan fingerprint density at radius 2 is 0.762 bits per heavy atom. The summed E-state index contributed by atoms with van der Waals surface area (Å²) in [6.07, 6.45) is 45.9. The molecule has 2 heterocycles. The number of hydrogen-bond donors (Lipinski definition) is 2. The minimum absolute atomic E-state index is 0.0665. The summed E-state index contributed by atoms with van der Waals surface area (Å²) >= 11 is 0.